The van der Waals surface area contributed by atoms with Crippen molar-refractivity contribution in [3.8, 4) is 16.9 Å². The zero-order valence-electron chi connectivity index (χ0n) is 11.0. The smallest absolute Gasteiger partial charge is 0.436 e. The van der Waals surface area contributed by atoms with Gasteiger partial charge in [0.2, 0.25) is 0 Å². The molecule has 116 valence electrons. The zero-order chi connectivity index (χ0) is 16.3. The van der Waals surface area contributed by atoms with E-state index in [-0.39, 0.29) is 5.75 Å². The lowest BCUT2D eigenvalue weighted by molar-refractivity contribution is -0.207. The van der Waals surface area contributed by atoms with Crippen LogP contribution in [-0.2, 0) is 4.79 Å². The average molecular weight is 331 g/mol. The van der Waals surface area contributed by atoms with Gasteiger partial charge in [-0.25, -0.2) is 4.79 Å². The van der Waals surface area contributed by atoms with Crippen molar-refractivity contribution in [3.63, 3.8) is 0 Å². The predicted molar refractivity (Wildman–Crippen MR) is 75.0 cm³/mol. The molecular weight excluding hydrogens is 321 g/mol. The summed E-state index contributed by atoms with van der Waals surface area (Å²) in [5, 5.41) is 9.14. The van der Waals surface area contributed by atoms with E-state index in [2.05, 4.69) is 4.74 Å². The van der Waals surface area contributed by atoms with Gasteiger partial charge in [-0.15, -0.1) is 0 Å². The molecule has 2 aromatic rings. The van der Waals surface area contributed by atoms with E-state index in [9.17, 15) is 18.0 Å². The summed E-state index contributed by atoms with van der Waals surface area (Å²) < 4.78 is 42.1. The molecule has 0 spiro atoms. The summed E-state index contributed by atoms with van der Waals surface area (Å²) in [7, 11) is 0. The maximum absolute atomic E-state index is 12.5. The first-order valence-electron chi connectivity index (χ1n) is 6.09. The van der Waals surface area contributed by atoms with Gasteiger partial charge in [0.05, 0.1) is 0 Å². The molecule has 2 rings (SSSR count). The highest BCUT2D eigenvalue weighted by Crippen LogP contribution is 2.28. The lowest BCUT2D eigenvalue weighted by atomic mass is 10.1. The van der Waals surface area contributed by atoms with Crippen molar-refractivity contribution in [1.29, 1.82) is 0 Å². The normalized spacial score (nSPS) is 12.7. The Kier molecular flexibility index (Phi) is 4.61. The number of aliphatic carboxylic acids is 1. The summed E-state index contributed by atoms with van der Waals surface area (Å²) >= 11 is 5.77. The number of carboxylic acids is 1. The van der Waals surface area contributed by atoms with E-state index in [4.69, 9.17) is 16.7 Å². The molecule has 3 nitrogen and oxygen atoms in total. The van der Waals surface area contributed by atoms with E-state index in [0.29, 0.717) is 5.02 Å². The molecule has 0 amide bonds. The number of halogens is 4. The number of ether oxygens (including phenoxy) is 1. The van der Waals surface area contributed by atoms with E-state index in [0.717, 1.165) is 11.1 Å². The summed E-state index contributed by atoms with van der Waals surface area (Å²) in [5.74, 6) is -2.27. The van der Waals surface area contributed by atoms with Crippen molar-refractivity contribution >= 4 is 17.6 Å². The van der Waals surface area contributed by atoms with Gasteiger partial charge in [-0.3, -0.25) is 0 Å². The van der Waals surface area contributed by atoms with E-state index in [1.807, 2.05) is 0 Å². The molecule has 7 heteroatoms. The van der Waals surface area contributed by atoms with Crippen LogP contribution in [0.1, 0.15) is 0 Å². The van der Waals surface area contributed by atoms with Crippen molar-refractivity contribution in [3.05, 3.63) is 53.6 Å². The van der Waals surface area contributed by atoms with Crippen LogP contribution >= 0.6 is 11.6 Å². The quantitative estimate of drug-likeness (QED) is 0.903. The lowest BCUT2D eigenvalue weighted by Crippen LogP contribution is -2.41. The lowest BCUT2D eigenvalue weighted by Gasteiger charge is -2.17. The van der Waals surface area contributed by atoms with Crippen molar-refractivity contribution in [2.75, 3.05) is 0 Å². The summed E-state index contributed by atoms with van der Waals surface area (Å²) in [4.78, 5) is 10.6. The van der Waals surface area contributed by atoms with E-state index < -0.39 is 18.2 Å². The van der Waals surface area contributed by atoms with Crippen LogP contribution in [0.3, 0.4) is 0 Å². The molecule has 1 N–H and O–H groups in total. The number of hydrogen-bond acceptors (Lipinski definition) is 2. The Labute approximate surface area is 128 Å². The maximum Gasteiger partial charge on any atom is 0.436 e. The second-order valence-electron chi connectivity index (χ2n) is 4.41. The van der Waals surface area contributed by atoms with Gasteiger partial charge in [-0.1, -0.05) is 35.9 Å². The van der Waals surface area contributed by atoms with Crippen molar-refractivity contribution < 1.29 is 27.8 Å². The number of hydrogen-bond donors (Lipinski definition) is 1. The minimum atomic E-state index is -4.99. The van der Waals surface area contributed by atoms with Crippen LogP contribution < -0.4 is 4.74 Å². The molecule has 0 aliphatic heterocycles. The first-order valence-corrected chi connectivity index (χ1v) is 6.47. The highest BCUT2D eigenvalue weighted by Gasteiger charge is 2.47. The van der Waals surface area contributed by atoms with Crippen LogP contribution in [0.5, 0.6) is 5.75 Å². The number of alkyl halides is 3. The number of benzene rings is 2. The fourth-order valence-corrected chi connectivity index (χ4v) is 1.89. The van der Waals surface area contributed by atoms with Gasteiger partial charge in [-0.05, 0) is 35.4 Å². The summed E-state index contributed by atoms with van der Waals surface area (Å²) in [6.07, 6.45) is -7.88. The topological polar surface area (TPSA) is 46.5 Å². The standard InChI is InChI=1S/C15H10ClF3O3/c16-11-5-1-9(2-6-11)10-3-7-12(8-4-10)22-13(14(20)21)15(17,18)19/h1-8,13H,(H,20,21). The largest absolute Gasteiger partial charge is 0.478 e. The second kappa shape index (κ2) is 6.27. The van der Waals surface area contributed by atoms with Gasteiger partial charge in [0.15, 0.2) is 0 Å². The fourth-order valence-electron chi connectivity index (χ4n) is 1.76. The molecule has 0 fully saturated rings. The van der Waals surface area contributed by atoms with Crippen LogP contribution in [0.15, 0.2) is 48.5 Å². The molecular formula is C15H10ClF3O3. The second-order valence-corrected chi connectivity index (χ2v) is 4.85. The van der Waals surface area contributed by atoms with Gasteiger partial charge in [0, 0.05) is 5.02 Å². The third-order valence-corrected chi connectivity index (χ3v) is 3.06. The molecule has 2 aromatic carbocycles. The van der Waals surface area contributed by atoms with Gasteiger partial charge < -0.3 is 9.84 Å². The van der Waals surface area contributed by atoms with Gasteiger partial charge in [0.25, 0.3) is 6.10 Å². The molecule has 0 radical (unpaired) electrons. The van der Waals surface area contributed by atoms with E-state index in [1.165, 1.54) is 24.3 Å². The first kappa shape index (κ1) is 16.2. The summed E-state index contributed by atoms with van der Waals surface area (Å²) in [6, 6.07) is 12.5. The highest BCUT2D eigenvalue weighted by atomic mass is 35.5. The van der Waals surface area contributed by atoms with Crippen molar-refractivity contribution in [2.45, 2.75) is 12.3 Å². The molecule has 1 atom stereocenters. The average Bonchev–Trinajstić information content (AvgIpc) is 2.45. The van der Waals surface area contributed by atoms with Gasteiger partial charge >= 0.3 is 12.1 Å². The molecule has 0 aliphatic rings. The maximum atomic E-state index is 12.5. The molecule has 1 unspecified atom stereocenters. The number of carbonyl (C=O) groups is 1. The summed E-state index contributed by atoms with van der Waals surface area (Å²) in [5.41, 5.74) is 1.56. The third kappa shape index (κ3) is 3.92. The fraction of sp³-hybridized carbons (Fsp3) is 0.133. The van der Waals surface area contributed by atoms with Crippen LogP contribution in [-0.4, -0.2) is 23.4 Å². The van der Waals surface area contributed by atoms with E-state index >= 15 is 0 Å². The monoisotopic (exact) mass is 330 g/mol. The Bertz CT molecular complexity index is 651. The van der Waals surface area contributed by atoms with Crippen LogP contribution in [0, 0.1) is 0 Å². The number of rotatable bonds is 4. The molecule has 0 heterocycles. The van der Waals surface area contributed by atoms with Gasteiger partial charge in [0.1, 0.15) is 5.75 Å². The highest BCUT2D eigenvalue weighted by molar-refractivity contribution is 6.30. The van der Waals surface area contributed by atoms with Crippen molar-refractivity contribution in [1.82, 2.24) is 0 Å². The summed E-state index contributed by atoms with van der Waals surface area (Å²) in [6.45, 7) is 0. The van der Waals surface area contributed by atoms with Crippen LogP contribution in [0.2, 0.25) is 5.02 Å². The Morgan fingerprint density at radius 1 is 1.00 bits per heavy atom. The molecule has 0 saturated carbocycles. The molecule has 22 heavy (non-hydrogen) atoms. The van der Waals surface area contributed by atoms with Crippen molar-refractivity contribution in [2.24, 2.45) is 0 Å². The first-order chi connectivity index (χ1) is 10.3. The van der Waals surface area contributed by atoms with E-state index in [1.54, 1.807) is 24.3 Å². The van der Waals surface area contributed by atoms with Crippen LogP contribution in [0.4, 0.5) is 13.2 Å². The molecule has 0 aromatic heterocycles. The Morgan fingerprint density at radius 3 is 1.86 bits per heavy atom. The minimum absolute atomic E-state index is 0.178. The Morgan fingerprint density at radius 2 is 1.45 bits per heavy atom. The molecule has 0 bridgehead atoms. The zero-order valence-corrected chi connectivity index (χ0v) is 11.7. The molecule has 0 saturated heterocycles. The minimum Gasteiger partial charge on any atom is -0.478 e. The number of carboxylic acid groups (broad SMARTS) is 1. The SMILES string of the molecule is O=C(O)C(Oc1ccc(-c2ccc(Cl)cc2)cc1)C(F)(F)F. The molecule has 0 aliphatic carbocycles. The Hall–Kier alpha value is -2.21. The third-order valence-electron chi connectivity index (χ3n) is 2.81. The predicted octanol–water partition coefficient (Wildman–Crippen LogP) is 4.40. The van der Waals surface area contributed by atoms with Crippen LogP contribution in [0.25, 0.3) is 11.1 Å². The Balaban J connectivity index is 2.18. The van der Waals surface area contributed by atoms with Gasteiger partial charge in [-0.2, -0.15) is 13.2 Å².